The highest BCUT2D eigenvalue weighted by atomic mass is 16.3. The number of aromatic nitrogens is 3. The van der Waals surface area contributed by atoms with Crippen LogP contribution < -0.4 is 4.90 Å². The van der Waals surface area contributed by atoms with Gasteiger partial charge in [-0.3, -0.25) is 0 Å². The van der Waals surface area contributed by atoms with Crippen LogP contribution in [0.15, 0.2) is 186 Å². The summed E-state index contributed by atoms with van der Waals surface area (Å²) in [6.45, 7) is 0. The highest BCUT2D eigenvalue weighted by Crippen LogP contribution is 2.42. The number of aryl methyl sites for hydroxylation is 1. The summed E-state index contributed by atoms with van der Waals surface area (Å²) in [5.41, 5.74) is 12.4. The summed E-state index contributed by atoms with van der Waals surface area (Å²) >= 11 is 0. The van der Waals surface area contributed by atoms with E-state index < -0.39 is 0 Å². The molecule has 10 aromatic rings. The van der Waals surface area contributed by atoms with Crippen molar-refractivity contribution >= 4 is 50.0 Å². The van der Waals surface area contributed by atoms with Gasteiger partial charge < -0.3 is 19.0 Å². The maximum atomic E-state index is 11.2. The molecule has 6 heteroatoms. The number of rotatable bonds is 7. The maximum Gasteiger partial charge on any atom is 0.161 e. The molecule has 0 saturated heterocycles. The third-order valence-electron chi connectivity index (χ3n) is 10.3. The van der Waals surface area contributed by atoms with E-state index >= 15 is 0 Å². The summed E-state index contributed by atoms with van der Waals surface area (Å²) in [7, 11) is 1.99. The number of aromatic hydroxyl groups is 1. The Bertz CT molecular complexity index is 2970. The van der Waals surface area contributed by atoms with Crippen molar-refractivity contribution in [1.82, 2.24) is 14.5 Å². The number of phenolic OH excluding ortho intramolecular Hbond substituents is 1. The Morgan fingerprint density at radius 3 is 1.95 bits per heavy atom. The van der Waals surface area contributed by atoms with Gasteiger partial charge in [-0.25, -0.2) is 9.97 Å². The van der Waals surface area contributed by atoms with Gasteiger partial charge >= 0.3 is 0 Å². The van der Waals surface area contributed by atoms with E-state index in [2.05, 4.69) is 114 Å². The van der Waals surface area contributed by atoms with Crippen molar-refractivity contribution in [2.45, 2.75) is 0 Å². The largest absolute Gasteiger partial charge is 0.507 e. The number of pyridine rings is 1. The second-order valence-electron chi connectivity index (χ2n) is 13.7. The van der Waals surface area contributed by atoms with Gasteiger partial charge in [0.25, 0.3) is 0 Å². The Balaban J connectivity index is 1.17. The summed E-state index contributed by atoms with van der Waals surface area (Å²) in [4.78, 5) is 12.9. The van der Waals surface area contributed by atoms with E-state index in [9.17, 15) is 5.11 Å². The molecule has 0 aliphatic heterocycles. The van der Waals surface area contributed by atoms with Crippen molar-refractivity contribution in [3.8, 4) is 50.8 Å². The number of anilines is 3. The Kier molecular flexibility index (Phi) is 7.74. The molecule has 0 unspecified atom stereocenters. The zero-order valence-corrected chi connectivity index (χ0v) is 30.0. The van der Waals surface area contributed by atoms with Crippen LogP contribution in [0.1, 0.15) is 0 Å². The van der Waals surface area contributed by atoms with Crippen LogP contribution in [0.5, 0.6) is 5.75 Å². The number of hydrogen-bond acceptors (Lipinski definition) is 5. The highest BCUT2D eigenvalue weighted by Gasteiger charge is 2.23. The first-order chi connectivity index (χ1) is 27.1. The van der Waals surface area contributed by atoms with Crippen molar-refractivity contribution in [3.63, 3.8) is 0 Å². The minimum absolute atomic E-state index is 0.166. The normalized spacial score (nSPS) is 11.4. The van der Waals surface area contributed by atoms with Gasteiger partial charge in [0, 0.05) is 46.0 Å². The number of furan rings is 1. The zero-order valence-electron chi connectivity index (χ0n) is 30.0. The molecule has 0 aliphatic carbocycles. The number of para-hydroxylation sites is 4. The van der Waals surface area contributed by atoms with Crippen LogP contribution in [0.2, 0.25) is 0 Å². The lowest BCUT2D eigenvalue weighted by atomic mass is 10.0. The fraction of sp³-hybridized carbons (Fsp3) is 0.0204. The fourth-order valence-corrected chi connectivity index (χ4v) is 7.63. The number of phenols is 1. The van der Waals surface area contributed by atoms with E-state index in [0.29, 0.717) is 22.7 Å². The maximum absolute atomic E-state index is 11.2. The molecule has 0 atom stereocenters. The Labute approximate surface area is 317 Å². The molecular weight excluding hydrogens is 677 g/mol. The number of fused-ring (bicyclic) bond motifs is 4. The molecule has 1 N–H and O–H groups in total. The zero-order chi connectivity index (χ0) is 36.9. The molecule has 0 fully saturated rings. The smallest absolute Gasteiger partial charge is 0.161 e. The quantitative estimate of drug-likeness (QED) is 0.178. The molecule has 7 aromatic carbocycles. The predicted molar refractivity (Wildman–Crippen MR) is 224 cm³/mol. The molecule has 0 saturated carbocycles. The average molecular weight is 711 g/mol. The molecule has 3 heterocycles. The molecule has 10 rings (SSSR count). The van der Waals surface area contributed by atoms with Crippen molar-refractivity contribution in [2.75, 3.05) is 4.90 Å². The topological polar surface area (TPSA) is 67.3 Å². The van der Waals surface area contributed by atoms with Gasteiger partial charge in [-0.05, 0) is 77.9 Å². The van der Waals surface area contributed by atoms with E-state index in [0.717, 1.165) is 72.4 Å². The summed E-state index contributed by atoms with van der Waals surface area (Å²) < 4.78 is 8.65. The van der Waals surface area contributed by atoms with Crippen LogP contribution in [-0.2, 0) is 7.05 Å². The minimum atomic E-state index is 0.166. The van der Waals surface area contributed by atoms with Gasteiger partial charge in [0.05, 0.1) is 22.3 Å². The molecule has 55 heavy (non-hydrogen) atoms. The van der Waals surface area contributed by atoms with Gasteiger partial charge in [0.2, 0.25) is 0 Å². The van der Waals surface area contributed by atoms with Crippen LogP contribution in [0.25, 0.3) is 78.0 Å². The minimum Gasteiger partial charge on any atom is -0.507 e. The summed E-state index contributed by atoms with van der Waals surface area (Å²) in [5.74, 6) is 0.823. The van der Waals surface area contributed by atoms with Crippen molar-refractivity contribution in [3.05, 3.63) is 182 Å². The predicted octanol–water partition coefficient (Wildman–Crippen LogP) is 12.7. The lowest BCUT2D eigenvalue weighted by Gasteiger charge is -2.25. The van der Waals surface area contributed by atoms with Crippen LogP contribution >= 0.6 is 0 Å². The Morgan fingerprint density at radius 1 is 0.527 bits per heavy atom. The molecular formula is C49H34N4O2. The third kappa shape index (κ3) is 5.59. The van der Waals surface area contributed by atoms with Gasteiger partial charge in [0.1, 0.15) is 22.9 Å². The van der Waals surface area contributed by atoms with Gasteiger partial charge in [0.15, 0.2) is 5.58 Å². The molecule has 262 valence electrons. The Morgan fingerprint density at radius 2 is 1.18 bits per heavy atom. The molecule has 6 nitrogen and oxygen atoms in total. The summed E-state index contributed by atoms with van der Waals surface area (Å²) in [6, 6.07) is 61.6. The SMILES string of the molecule is Cn1c(-c2cc(-c3ccccc3)ccc2O)nc2c(-c3nc(-c4cccc(N(c5ccccc5)c5ccccc5)c4)cc4c3oc3ccccc34)cccc21. The first-order valence-corrected chi connectivity index (χ1v) is 18.3. The van der Waals surface area contributed by atoms with E-state index in [1.807, 2.05) is 78.3 Å². The van der Waals surface area contributed by atoms with Crippen molar-refractivity contribution in [1.29, 1.82) is 0 Å². The van der Waals surface area contributed by atoms with E-state index in [4.69, 9.17) is 14.4 Å². The van der Waals surface area contributed by atoms with Crippen molar-refractivity contribution < 1.29 is 9.52 Å². The van der Waals surface area contributed by atoms with E-state index in [1.54, 1.807) is 6.07 Å². The molecule has 0 radical (unpaired) electrons. The molecule has 3 aromatic heterocycles. The molecule has 0 bridgehead atoms. The number of hydrogen-bond donors (Lipinski definition) is 1. The second-order valence-corrected chi connectivity index (χ2v) is 13.7. The lowest BCUT2D eigenvalue weighted by Crippen LogP contribution is -2.09. The van der Waals surface area contributed by atoms with Gasteiger partial charge in [-0.2, -0.15) is 0 Å². The van der Waals surface area contributed by atoms with Crippen molar-refractivity contribution in [2.24, 2.45) is 7.05 Å². The monoisotopic (exact) mass is 710 g/mol. The molecule has 0 spiro atoms. The molecule has 0 aliphatic rings. The number of imidazole rings is 1. The van der Waals surface area contributed by atoms with Gasteiger partial charge in [-0.1, -0.05) is 115 Å². The first kappa shape index (κ1) is 32.2. The lowest BCUT2D eigenvalue weighted by molar-refractivity contribution is 0.476. The van der Waals surface area contributed by atoms with Crippen LogP contribution in [-0.4, -0.2) is 19.6 Å². The van der Waals surface area contributed by atoms with Gasteiger partial charge in [-0.15, -0.1) is 0 Å². The third-order valence-corrected chi connectivity index (χ3v) is 10.3. The van der Waals surface area contributed by atoms with Crippen LogP contribution in [0.3, 0.4) is 0 Å². The van der Waals surface area contributed by atoms with E-state index in [1.165, 1.54) is 0 Å². The number of nitrogens with zero attached hydrogens (tertiary/aromatic N) is 4. The Hall–Kier alpha value is -7.44. The fourth-order valence-electron chi connectivity index (χ4n) is 7.63. The van der Waals surface area contributed by atoms with Crippen LogP contribution in [0.4, 0.5) is 17.1 Å². The van der Waals surface area contributed by atoms with E-state index in [-0.39, 0.29) is 5.75 Å². The second kappa shape index (κ2) is 13.2. The molecule has 0 amide bonds. The standard InChI is InChI=1S/C49H34N4O2/c1-52-43-25-14-24-39(46(43)51-49(52)41-30-33(27-28-44(41)54)32-15-5-2-6-16-32)47-48-40(38-23-11-12-26-45(38)55-48)31-42(50-47)34-17-13-22-37(29-34)53(35-18-7-3-8-19-35)36-20-9-4-10-21-36/h2-31,54H,1H3. The average Bonchev–Trinajstić information content (AvgIpc) is 3.79. The first-order valence-electron chi connectivity index (χ1n) is 18.3. The summed E-state index contributed by atoms with van der Waals surface area (Å²) in [5, 5.41) is 13.2. The van der Waals surface area contributed by atoms with Crippen LogP contribution in [0, 0.1) is 0 Å². The number of benzene rings is 7. The highest BCUT2D eigenvalue weighted by molar-refractivity contribution is 6.12. The summed E-state index contributed by atoms with van der Waals surface area (Å²) in [6.07, 6.45) is 0.